The minimum Gasteiger partial charge on any atom is -0.481 e. The molecule has 1 aromatic carbocycles. The van der Waals surface area contributed by atoms with Crippen molar-refractivity contribution >= 4 is 17.8 Å². The average Bonchev–Trinajstić information content (AvgIpc) is 2.69. The van der Waals surface area contributed by atoms with Gasteiger partial charge in [0.05, 0.1) is 17.0 Å². The Bertz CT molecular complexity index is 550. The average molecular weight is 290 g/mol. The molecule has 0 aliphatic carbocycles. The first-order valence-electron chi connectivity index (χ1n) is 6.78. The molecule has 0 radical (unpaired) electrons. The van der Waals surface area contributed by atoms with Crippen molar-refractivity contribution in [2.45, 2.75) is 6.92 Å². The summed E-state index contributed by atoms with van der Waals surface area (Å²) in [6.07, 6.45) is 0. The van der Waals surface area contributed by atoms with Crippen LogP contribution in [0.4, 0.5) is 0 Å². The highest BCUT2D eigenvalue weighted by atomic mass is 16.4. The Kier molecular flexibility index (Phi) is 4.37. The molecule has 0 bridgehead atoms. The second-order valence-electron chi connectivity index (χ2n) is 5.31. The lowest BCUT2D eigenvalue weighted by molar-refractivity contribution is -0.141. The van der Waals surface area contributed by atoms with Gasteiger partial charge in [-0.3, -0.25) is 19.3 Å². The third-order valence-corrected chi connectivity index (χ3v) is 3.59. The largest absolute Gasteiger partial charge is 0.481 e. The van der Waals surface area contributed by atoms with Crippen LogP contribution in [0.5, 0.6) is 0 Å². The molecule has 21 heavy (non-hydrogen) atoms. The molecule has 6 nitrogen and oxygen atoms in total. The van der Waals surface area contributed by atoms with Crippen molar-refractivity contribution in [2.24, 2.45) is 5.92 Å². The molecule has 0 saturated heterocycles. The van der Waals surface area contributed by atoms with Gasteiger partial charge < -0.3 is 10.0 Å². The highest BCUT2D eigenvalue weighted by Crippen LogP contribution is 2.21. The number of fused-ring (bicyclic) bond motifs is 1. The lowest BCUT2D eigenvalue weighted by atomic mass is 10.1. The number of amides is 2. The molecule has 0 spiro atoms. The van der Waals surface area contributed by atoms with Gasteiger partial charge in [-0.05, 0) is 19.2 Å². The summed E-state index contributed by atoms with van der Waals surface area (Å²) >= 11 is 0. The molecule has 2 amide bonds. The van der Waals surface area contributed by atoms with E-state index >= 15 is 0 Å². The molecule has 6 heteroatoms. The van der Waals surface area contributed by atoms with Gasteiger partial charge >= 0.3 is 5.97 Å². The van der Waals surface area contributed by atoms with Gasteiger partial charge in [0.2, 0.25) is 0 Å². The van der Waals surface area contributed by atoms with Gasteiger partial charge in [0.1, 0.15) is 0 Å². The lowest BCUT2D eigenvalue weighted by Gasteiger charge is -2.22. The number of carbonyl (C=O) groups is 3. The van der Waals surface area contributed by atoms with Crippen LogP contribution >= 0.6 is 0 Å². The minimum absolute atomic E-state index is 0.259. The number of benzene rings is 1. The zero-order chi connectivity index (χ0) is 15.6. The van der Waals surface area contributed by atoms with E-state index in [1.54, 1.807) is 38.2 Å². The fraction of sp³-hybridized carbons (Fsp3) is 0.400. The molecule has 1 aliphatic rings. The molecule has 1 unspecified atom stereocenters. The molecular formula is C15H18N2O4. The van der Waals surface area contributed by atoms with E-state index in [2.05, 4.69) is 0 Å². The molecule has 1 N–H and O–H groups in total. The number of imide groups is 1. The van der Waals surface area contributed by atoms with Crippen molar-refractivity contribution in [3.63, 3.8) is 0 Å². The minimum atomic E-state index is -0.859. The predicted molar refractivity (Wildman–Crippen MR) is 76.1 cm³/mol. The number of hydrogen-bond donors (Lipinski definition) is 1. The normalized spacial score (nSPS) is 15.5. The number of aliphatic carboxylic acids is 1. The number of rotatable bonds is 6. The van der Waals surface area contributed by atoms with E-state index in [0.29, 0.717) is 24.2 Å². The summed E-state index contributed by atoms with van der Waals surface area (Å²) < 4.78 is 0. The number of nitrogens with zero attached hydrogens (tertiary/aromatic N) is 2. The zero-order valence-corrected chi connectivity index (χ0v) is 12.1. The van der Waals surface area contributed by atoms with Gasteiger partial charge in [0.25, 0.3) is 11.8 Å². The number of carboxylic acids is 1. The van der Waals surface area contributed by atoms with Crippen LogP contribution < -0.4 is 0 Å². The molecule has 112 valence electrons. The van der Waals surface area contributed by atoms with E-state index in [9.17, 15) is 14.4 Å². The SMILES string of the molecule is CC(CN(C)CCN1C(=O)c2ccccc2C1=O)C(=O)O. The van der Waals surface area contributed by atoms with Crippen molar-refractivity contribution in [3.8, 4) is 0 Å². The van der Waals surface area contributed by atoms with Gasteiger partial charge in [-0.2, -0.15) is 0 Å². The highest BCUT2D eigenvalue weighted by molar-refractivity contribution is 6.21. The summed E-state index contributed by atoms with van der Waals surface area (Å²) in [6, 6.07) is 6.75. The first-order chi connectivity index (χ1) is 9.91. The van der Waals surface area contributed by atoms with Crippen molar-refractivity contribution in [2.75, 3.05) is 26.7 Å². The third kappa shape index (κ3) is 3.11. The van der Waals surface area contributed by atoms with Crippen molar-refractivity contribution in [1.82, 2.24) is 9.80 Å². The Hall–Kier alpha value is -2.21. The van der Waals surface area contributed by atoms with E-state index < -0.39 is 11.9 Å². The number of likely N-dealkylation sites (N-methyl/N-ethyl adjacent to an activating group) is 1. The van der Waals surface area contributed by atoms with Crippen LogP contribution in [0.2, 0.25) is 0 Å². The molecular weight excluding hydrogens is 272 g/mol. The molecule has 0 saturated carbocycles. The first kappa shape index (κ1) is 15.2. The lowest BCUT2D eigenvalue weighted by Crippen LogP contribution is -2.39. The van der Waals surface area contributed by atoms with Crippen LogP contribution in [0.1, 0.15) is 27.6 Å². The maximum Gasteiger partial charge on any atom is 0.307 e. The molecule has 0 fully saturated rings. The first-order valence-corrected chi connectivity index (χ1v) is 6.78. The standard InChI is InChI=1S/C15H18N2O4/c1-10(15(20)21)9-16(2)7-8-17-13(18)11-5-3-4-6-12(11)14(17)19/h3-6,10H,7-9H2,1-2H3,(H,20,21). The zero-order valence-electron chi connectivity index (χ0n) is 12.1. The van der Waals surface area contributed by atoms with E-state index in [-0.39, 0.29) is 18.4 Å². The van der Waals surface area contributed by atoms with E-state index in [1.807, 2.05) is 4.90 Å². The fourth-order valence-corrected chi connectivity index (χ4v) is 2.35. The Balaban J connectivity index is 1.95. The van der Waals surface area contributed by atoms with E-state index in [0.717, 1.165) is 0 Å². The topological polar surface area (TPSA) is 77.9 Å². The van der Waals surface area contributed by atoms with Crippen LogP contribution in [0.15, 0.2) is 24.3 Å². The number of hydrogen-bond acceptors (Lipinski definition) is 4. The van der Waals surface area contributed by atoms with Crippen LogP contribution in [0, 0.1) is 5.92 Å². The third-order valence-electron chi connectivity index (χ3n) is 3.59. The Morgan fingerprint density at radius 1 is 1.24 bits per heavy atom. The number of carbonyl (C=O) groups excluding carboxylic acids is 2. The summed E-state index contributed by atoms with van der Waals surface area (Å²) in [4.78, 5) is 38.1. The predicted octanol–water partition coefficient (Wildman–Crippen LogP) is 0.935. The summed E-state index contributed by atoms with van der Waals surface area (Å²) in [5.41, 5.74) is 0.869. The monoisotopic (exact) mass is 290 g/mol. The van der Waals surface area contributed by atoms with Crippen molar-refractivity contribution in [3.05, 3.63) is 35.4 Å². The van der Waals surface area contributed by atoms with Gasteiger partial charge in [-0.15, -0.1) is 0 Å². The van der Waals surface area contributed by atoms with Gasteiger partial charge in [0.15, 0.2) is 0 Å². The van der Waals surface area contributed by atoms with Gasteiger partial charge in [0, 0.05) is 19.6 Å². The van der Waals surface area contributed by atoms with Crippen LogP contribution in [-0.2, 0) is 4.79 Å². The number of carboxylic acid groups (broad SMARTS) is 1. The molecule has 2 rings (SSSR count). The molecule has 0 aromatic heterocycles. The van der Waals surface area contributed by atoms with Crippen molar-refractivity contribution < 1.29 is 19.5 Å². The summed E-state index contributed by atoms with van der Waals surface area (Å²) in [5, 5.41) is 8.87. The summed E-state index contributed by atoms with van der Waals surface area (Å²) in [5.74, 6) is -1.91. The second-order valence-corrected chi connectivity index (χ2v) is 5.31. The van der Waals surface area contributed by atoms with Gasteiger partial charge in [-0.1, -0.05) is 19.1 Å². The second kappa shape index (κ2) is 6.05. The van der Waals surface area contributed by atoms with Crippen LogP contribution in [0.3, 0.4) is 0 Å². The maximum atomic E-state index is 12.1. The quantitative estimate of drug-likeness (QED) is 0.789. The Labute approximate surface area is 123 Å². The maximum absolute atomic E-state index is 12.1. The molecule has 1 aromatic rings. The van der Waals surface area contributed by atoms with Crippen molar-refractivity contribution in [1.29, 1.82) is 0 Å². The smallest absolute Gasteiger partial charge is 0.307 e. The Morgan fingerprint density at radius 3 is 2.24 bits per heavy atom. The van der Waals surface area contributed by atoms with Crippen LogP contribution in [0.25, 0.3) is 0 Å². The van der Waals surface area contributed by atoms with Gasteiger partial charge in [-0.25, -0.2) is 0 Å². The van der Waals surface area contributed by atoms with E-state index in [1.165, 1.54) is 4.90 Å². The molecule has 1 heterocycles. The molecule has 1 aliphatic heterocycles. The van der Waals surface area contributed by atoms with E-state index in [4.69, 9.17) is 5.11 Å². The Morgan fingerprint density at radius 2 is 1.76 bits per heavy atom. The molecule has 1 atom stereocenters. The highest BCUT2D eigenvalue weighted by Gasteiger charge is 2.34. The fourth-order valence-electron chi connectivity index (χ4n) is 2.35. The summed E-state index contributed by atoms with van der Waals surface area (Å²) in [7, 11) is 1.78. The van der Waals surface area contributed by atoms with Crippen LogP contribution in [-0.4, -0.2) is 59.4 Å². The summed E-state index contributed by atoms with van der Waals surface area (Å²) in [6.45, 7) is 2.71.